The lowest BCUT2D eigenvalue weighted by atomic mass is 9.91. The molecule has 0 bridgehead atoms. The maximum absolute atomic E-state index is 3.65. The van der Waals surface area contributed by atoms with Crippen LogP contribution in [0.4, 0.5) is 0 Å². The van der Waals surface area contributed by atoms with Gasteiger partial charge in [-0.2, -0.15) is 0 Å². The van der Waals surface area contributed by atoms with Crippen molar-refractivity contribution >= 4 is 0 Å². The molecule has 2 aliphatic rings. The van der Waals surface area contributed by atoms with Gasteiger partial charge in [0.15, 0.2) is 0 Å². The fourth-order valence-electron chi connectivity index (χ4n) is 2.68. The molecule has 1 fully saturated rings. The molecule has 1 aliphatic carbocycles. The minimum atomic E-state index is 0.637. The minimum Gasteiger partial charge on any atom is -0.317 e. The lowest BCUT2D eigenvalue weighted by molar-refractivity contribution is 0.320. The first-order chi connectivity index (χ1) is 8.34. The van der Waals surface area contributed by atoms with E-state index in [2.05, 4.69) is 42.2 Å². The molecule has 0 saturated carbocycles. The zero-order valence-corrected chi connectivity index (χ0v) is 10.9. The highest BCUT2D eigenvalue weighted by Gasteiger charge is 2.15. The second-order valence-electron chi connectivity index (χ2n) is 5.32. The van der Waals surface area contributed by atoms with E-state index in [1.807, 2.05) is 0 Å². The molecular formula is C15H25N2. The van der Waals surface area contributed by atoms with E-state index in [0.717, 1.165) is 18.9 Å². The number of nitrogens with one attached hydrogen (secondary N) is 2. The van der Waals surface area contributed by atoms with Gasteiger partial charge in [0.05, 0.1) is 0 Å². The molecule has 1 saturated heterocycles. The van der Waals surface area contributed by atoms with E-state index < -0.39 is 0 Å². The number of piperidine rings is 1. The van der Waals surface area contributed by atoms with Crippen molar-refractivity contribution in [2.24, 2.45) is 5.92 Å². The van der Waals surface area contributed by atoms with Crippen molar-refractivity contribution < 1.29 is 0 Å². The summed E-state index contributed by atoms with van der Waals surface area (Å²) in [6, 6.07) is 0.637. The zero-order valence-electron chi connectivity index (χ0n) is 10.9. The van der Waals surface area contributed by atoms with Crippen molar-refractivity contribution in [3.8, 4) is 0 Å². The number of hydrogen-bond acceptors (Lipinski definition) is 2. The molecule has 95 valence electrons. The van der Waals surface area contributed by atoms with E-state index in [-0.39, 0.29) is 0 Å². The molecule has 2 heteroatoms. The maximum Gasteiger partial charge on any atom is 0.0173 e. The van der Waals surface area contributed by atoms with Crippen LogP contribution >= 0.6 is 0 Å². The number of allylic oxidation sites excluding steroid dienone is 3. The molecule has 0 aromatic rings. The lowest BCUT2D eigenvalue weighted by Crippen LogP contribution is -2.34. The molecular weight excluding hydrogens is 208 g/mol. The fourth-order valence-corrected chi connectivity index (χ4v) is 2.68. The first kappa shape index (κ1) is 12.8. The molecule has 1 atom stereocenters. The van der Waals surface area contributed by atoms with Gasteiger partial charge in [0.2, 0.25) is 0 Å². The second kappa shape index (κ2) is 6.97. The van der Waals surface area contributed by atoms with Gasteiger partial charge >= 0.3 is 0 Å². The fraction of sp³-hybridized carbons (Fsp3) is 0.667. The molecule has 0 spiro atoms. The highest BCUT2D eigenvalue weighted by Crippen LogP contribution is 2.18. The van der Waals surface area contributed by atoms with Gasteiger partial charge in [-0.15, -0.1) is 0 Å². The SMILES string of the molecule is CC(CC1CCNCC1)NCC1=CC=CC[CH]1. The minimum absolute atomic E-state index is 0.637. The Morgan fingerprint density at radius 3 is 2.94 bits per heavy atom. The van der Waals surface area contributed by atoms with Gasteiger partial charge in [0.25, 0.3) is 0 Å². The predicted molar refractivity (Wildman–Crippen MR) is 73.8 cm³/mol. The molecule has 2 nitrogen and oxygen atoms in total. The Labute approximate surface area is 106 Å². The summed E-state index contributed by atoms with van der Waals surface area (Å²) in [5.74, 6) is 0.919. The topological polar surface area (TPSA) is 24.1 Å². The Hall–Kier alpha value is -0.600. The van der Waals surface area contributed by atoms with Crippen LogP contribution in [0.2, 0.25) is 0 Å². The summed E-state index contributed by atoms with van der Waals surface area (Å²) in [4.78, 5) is 0. The third kappa shape index (κ3) is 4.64. The molecule has 1 unspecified atom stereocenters. The first-order valence-electron chi connectivity index (χ1n) is 6.97. The van der Waals surface area contributed by atoms with Crippen LogP contribution < -0.4 is 10.6 Å². The molecule has 0 aromatic heterocycles. The summed E-state index contributed by atoms with van der Waals surface area (Å²) < 4.78 is 0. The summed E-state index contributed by atoms with van der Waals surface area (Å²) in [5.41, 5.74) is 1.43. The van der Waals surface area contributed by atoms with Crippen LogP contribution in [0.5, 0.6) is 0 Å². The number of rotatable bonds is 5. The van der Waals surface area contributed by atoms with Gasteiger partial charge in [-0.3, -0.25) is 0 Å². The molecule has 2 rings (SSSR count). The summed E-state index contributed by atoms with van der Waals surface area (Å²) >= 11 is 0. The van der Waals surface area contributed by atoms with Gasteiger partial charge in [-0.05, 0) is 58.0 Å². The van der Waals surface area contributed by atoms with E-state index in [1.165, 1.54) is 37.9 Å². The molecule has 1 radical (unpaired) electrons. The van der Waals surface area contributed by atoms with Crippen molar-refractivity contribution in [2.45, 2.75) is 38.6 Å². The van der Waals surface area contributed by atoms with Gasteiger partial charge in [0.1, 0.15) is 0 Å². The highest BCUT2D eigenvalue weighted by molar-refractivity contribution is 5.27. The zero-order chi connectivity index (χ0) is 11.9. The first-order valence-corrected chi connectivity index (χ1v) is 6.97. The van der Waals surface area contributed by atoms with Crippen LogP contribution in [0.1, 0.15) is 32.6 Å². The van der Waals surface area contributed by atoms with E-state index in [1.54, 1.807) is 0 Å². The Morgan fingerprint density at radius 1 is 1.41 bits per heavy atom. The van der Waals surface area contributed by atoms with Crippen LogP contribution in [-0.2, 0) is 0 Å². The molecule has 1 heterocycles. The van der Waals surface area contributed by atoms with Gasteiger partial charge in [0, 0.05) is 12.6 Å². The van der Waals surface area contributed by atoms with Gasteiger partial charge < -0.3 is 10.6 Å². The second-order valence-corrected chi connectivity index (χ2v) is 5.32. The Kier molecular flexibility index (Phi) is 5.27. The van der Waals surface area contributed by atoms with Crippen molar-refractivity contribution in [1.29, 1.82) is 0 Å². The predicted octanol–water partition coefficient (Wildman–Crippen LogP) is 2.44. The van der Waals surface area contributed by atoms with E-state index in [4.69, 9.17) is 0 Å². The normalized spacial score (nSPS) is 23.5. The van der Waals surface area contributed by atoms with E-state index >= 15 is 0 Å². The van der Waals surface area contributed by atoms with Gasteiger partial charge in [-0.1, -0.05) is 23.8 Å². The summed E-state index contributed by atoms with van der Waals surface area (Å²) in [7, 11) is 0. The third-order valence-electron chi connectivity index (χ3n) is 3.76. The quantitative estimate of drug-likeness (QED) is 0.762. The molecule has 17 heavy (non-hydrogen) atoms. The maximum atomic E-state index is 3.65. The monoisotopic (exact) mass is 233 g/mol. The molecule has 2 N–H and O–H groups in total. The molecule has 0 amide bonds. The Balaban J connectivity index is 1.64. The Bertz CT molecular complexity index is 275. The number of hydrogen-bond donors (Lipinski definition) is 2. The van der Waals surface area contributed by atoms with E-state index in [9.17, 15) is 0 Å². The van der Waals surface area contributed by atoms with Gasteiger partial charge in [-0.25, -0.2) is 0 Å². The lowest BCUT2D eigenvalue weighted by Gasteiger charge is -2.26. The molecule has 1 aliphatic heterocycles. The third-order valence-corrected chi connectivity index (χ3v) is 3.76. The van der Waals surface area contributed by atoms with Crippen LogP contribution in [-0.4, -0.2) is 25.7 Å². The summed E-state index contributed by atoms with van der Waals surface area (Å²) in [6.07, 6.45) is 14.0. The summed E-state index contributed by atoms with van der Waals surface area (Å²) in [5, 5.41) is 7.08. The van der Waals surface area contributed by atoms with Crippen LogP contribution in [0.15, 0.2) is 23.8 Å². The van der Waals surface area contributed by atoms with Crippen molar-refractivity contribution in [3.05, 3.63) is 30.2 Å². The van der Waals surface area contributed by atoms with Crippen molar-refractivity contribution in [2.75, 3.05) is 19.6 Å². The van der Waals surface area contributed by atoms with E-state index in [0.29, 0.717) is 6.04 Å². The van der Waals surface area contributed by atoms with Crippen molar-refractivity contribution in [3.63, 3.8) is 0 Å². The van der Waals surface area contributed by atoms with Crippen LogP contribution in [0.3, 0.4) is 0 Å². The standard InChI is InChI=1S/C15H25N2/c1-13(11-14-7-9-16-10-8-14)17-12-15-5-3-2-4-6-15/h2-3,5-6,13-14,16-17H,4,7-12H2,1H3. The van der Waals surface area contributed by atoms with Crippen molar-refractivity contribution in [1.82, 2.24) is 10.6 Å². The average molecular weight is 233 g/mol. The highest BCUT2D eigenvalue weighted by atomic mass is 14.9. The summed E-state index contributed by atoms with van der Waals surface area (Å²) in [6.45, 7) is 5.76. The Morgan fingerprint density at radius 2 is 2.24 bits per heavy atom. The van der Waals surface area contributed by atoms with Crippen LogP contribution in [0.25, 0.3) is 0 Å². The largest absolute Gasteiger partial charge is 0.317 e. The average Bonchev–Trinajstić information content (AvgIpc) is 2.39. The van der Waals surface area contributed by atoms with Crippen LogP contribution in [0, 0.1) is 12.3 Å². The smallest absolute Gasteiger partial charge is 0.0173 e. The molecule has 0 aromatic carbocycles.